The van der Waals surface area contributed by atoms with Crippen LogP contribution < -0.4 is 16.1 Å². The van der Waals surface area contributed by atoms with Crippen LogP contribution in [0.2, 0.25) is 0 Å². The summed E-state index contributed by atoms with van der Waals surface area (Å²) < 4.78 is 0. The lowest BCUT2D eigenvalue weighted by molar-refractivity contribution is -0.140. The van der Waals surface area contributed by atoms with Crippen LogP contribution in [0.1, 0.15) is 32.3 Å². The molecule has 144 valence electrons. The van der Waals surface area contributed by atoms with Crippen LogP contribution in [-0.4, -0.2) is 47.7 Å². The first-order valence-electron chi connectivity index (χ1n) is 8.29. The number of likely N-dealkylation sites (N-methyl/N-ethyl adjacent to an activating group) is 1. The average molecular weight is 365 g/mol. The van der Waals surface area contributed by atoms with Crippen molar-refractivity contribution >= 4 is 17.7 Å². The highest BCUT2D eigenvalue weighted by Gasteiger charge is 2.39. The van der Waals surface area contributed by atoms with E-state index in [0.29, 0.717) is 5.56 Å². The van der Waals surface area contributed by atoms with Crippen LogP contribution in [-0.2, 0) is 14.4 Å². The van der Waals surface area contributed by atoms with Crippen molar-refractivity contribution in [2.24, 2.45) is 11.3 Å². The minimum atomic E-state index is -1.22. The molecular formula is C18H27N3O5. The van der Waals surface area contributed by atoms with Gasteiger partial charge in [-0.1, -0.05) is 51.1 Å². The Bertz CT molecular complexity index is 627. The summed E-state index contributed by atoms with van der Waals surface area (Å²) in [5.41, 5.74) is 1.39. The van der Waals surface area contributed by atoms with Crippen molar-refractivity contribution in [1.82, 2.24) is 16.1 Å². The number of hydrogen-bond acceptors (Lipinski definition) is 5. The second-order valence-electron chi connectivity index (χ2n) is 7.08. The van der Waals surface area contributed by atoms with E-state index in [1.807, 2.05) is 0 Å². The van der Waals surface area contributed by atoms with E-state index in [-0.39, 0.29) is 5.91 Å². The van der Waals surface area contributed by atoms with Crippen molar-refractivity contribution in [2.45, 2.75) is 32.7 Å². The van der Waals surface area contributed by atoms with Crippen LogP contribution in [0.3, 0.4) is 0 Å². The van der Waals surface area contributed by atoms with E-state index in [4.69, 9.17) is 5.21 Å². The Morgan fingerprint density at radius 2 is 1.62 bits per heavy atom. The van der Waals surface area contributed by atoms with E-state index < -0.39 is 41.7 Å². The second-order valence-corrected chi connectivity index (χ2v) is 7.08. The molecule has 0 saturated heterocycles. The minimum absolute atomic E-state index is 0.371. The summed E-state index contributed by atoms with van der Waals surface area (Å²) in [7, 11) is 1.47. The fraction of sp³-hybridized carbons (Fsp3) is 0.500. The highest BCUT2D eigenvalue weighted by Crippen LogP contribution is 2.27. The van der Waals surface area contributed by atoms with E-state index in [0.717, 1.165) is 0 Å². The summed E-state index contributed by atoms with van der Waals surface area (Å²) in [6.45, 7) is 4.75. The Morgan fingerprint density at radius 1 is 1.04 bits per heavy atom. The molecule has 8 nitrogen and oxygen atoms in total. The number of nitrogens with one attached hydrogen (secondary N) is 3. The molecule has 0 aliphatic carbocycles. The fourth-order valence-corrected chi connectivity index (χ4v) is 2.70. The van der Waals surface area contributed by atoms with Crippen LogP contribution in [0, 0.1) is 11.3 Å². The molecule has 1 aromatic carbocycles. The van der Waals surface area contributed by atoms with Gasteiger partial charge in [-0.05, 0) is 11.0 Å². The summed E-state index contributed by atoms with van der Waals surface area (Å²) >= 11 is 0. The van der Waals surface area contributed by atoms with Gasteiger partial charge in [0.05, 0.1) is 18.4 Å². The van der Waals surface area contributed by atoms with Gasteiger partial charge in [-0.15, -0.1) is 0 Å². The monoisotopic (exact) mass is 365 g/mol. The molecule has 0 radical (unpaired) electrons. The maximum Gasteiger partial charge on any atom is 0.249 e. The van der Waals surface area contributed by atoms with Crippen molar-refractivity contribution in [3.63, 3.8) is 0 Å². The van der Waals surface area contributed by atoms with Gasteiger partial charge in [0.15, 0.2) is 0 Å². The summed E-state index contributed by atoms with van der Waals surface area (Å²) in [4.78, 5) is 37.1. The van der Waals surface area contributed by atoms with Gasteiger partial charge in [0.2, 0.25) is 17.7 Å². The number of rotatable bonds is 7. The molecular weight excluding hydrogens is 338 g/mol. The van der Waals surface area contributed by atoms with Gasteiger partial charge in [0, 0.05) is 7.05 Å². The van der Waals surface area contributed by atoms with E-state index in [9.17, 15) is 19.5 Å². The van der Waals surface area contributed by atoms with Gasteiger partial charge in [-0.3, -0.25) is 19.6 Å². The molecule has 0 aliphatic heterocycles. The van der Waals surface area contributed by atoms with Crippen LogP contribution in [0.15, 0.2) is 30.3 Å². The van der Waals surface area contributed by atoms with Crippen LogP contribution in [0.5, 0.6) is 0 Å². The second kappa shape index (κ2) is 9.30. The largest absolute Gasteiger partial charge is 0.396 e. The Morgan fingerprint density at radius 3 is 2.04 bits per heavy atom. The highest BCUT2D eigenvalue weighted by molar-refractivity contribution is 5.94. The summed E-state index contributed by atoms with van der Waals surface area (Å²) in [5, 5.41) is 23.8. The zero-order chi connectivity index (χ0) is 19.9. The van der Waals surface area contributed by atoms with Crippen LogP contribution >= 0.6 is 0 Å². The molecule has 0 bridgehead atoms. The predicted molar refractivity (Wildman–Crippen MR) is 95.1 cm³/mol. The lowest BCUT2D eigenvalue weighted by Gasteiger charge is -2.32. The Balaban J connectivity index is 3.27. The molecule has 0 unspecified atom stereocenters. The Labute approximate surface area is 152 Å². The lowest BCUT2D eigenvalue weighted by atomic mass is 9.82. The van der Waals surface area contributed by atoms with Gasteiger partial charge in [-0.25, -0.2) is 5.48 Å². The standard InChI is InChI=1S/C18H27N3O5/c1-18(2,3)14(17(25)19-4)20-16(24)13(11-8-6-5-7-9-11)12(10-22)15(23)21-26/h5-9,12-14,22,26H,10H2,1-4H3,(H,19,25)(H,20,24)(H,21,23)/t12-,13+,14-/m1/s1. The van der Waals surface area contributed by atoms with Gasteiger partial charge in [-0.2, -0.15) is 0 Å². The van der Waals surface area contributed by atoms with Crippen molar-refractivity contribution in [2.75, 3.05) is 13.7 Å². The third-order valence-electron chi connectivity index (χ3n) is 4.15. The summed E-state index contributed by atoms with van der Waals surface area (Å²) in [5.74, 6) is -4.15. The number of amides is 3. The van der Waals surface area contributed by atoms with Gasteiger partial charge in [0.25, 0.3) is 0 Å². The number of hydrogen-bond donors (Lipinski definition) is 5. The molecule has 5 N–H and O–H groups in total. The van der Waals surface area contributed by atoms with Crippen molar-refractivity contribution in [1.29, 1.82) is 0 Å². The molecule has 0 aliphatic rings. The van der Waals surface area contributed by atoms with E-state index >= 15 is 0 Å². The molecule has 3 atom stereocenters. The van der Waals surface area contributed by atoms with E-state index in [1.165, 1.54) is 12.5 Å². The van der Waals surface area contributed by atoms with Crippen molar-refractivity contribution in [3.05, 3.63) is 35.9 Å². The lowest BCUT2D eigenvalue weighted by Crippen LogP contribution is -2.55. The number of carbonyl (C=O) groups is 3. The van der Waals surface area contributed by atoms with E-state index in [1.54, 1.807) is 51.1 Å². The minimum Gasteiger partial charge on any atom is -0.396 e. The first-order chi connectivity index (χ1) is 12.2. The number of aliphatic hydroxyl groups excluding tert-OH is 1. The molecule has 26 heavy (non-hydrogen) atoms. The predicted octanol–water partition coefficient (Wildman–Crippen LogP) is 0.161. The normalized spacial score (nSPS) is 14.7. The number of hydroxylamine groups is 1. The third kappa shape index (κ3) is 5.27. The van der Waals surface area contributed by atoms with Crippen molar-refractivity contribution in [3.8, 4) is 0 Å². The first-order valence-corrected chi connectivity index (χ1v) is 8.29. The molecule has 1 aromatic rings. The first kappa shape index (κ1) is 21.6. The quantitative estimate of drug-likeness (QED) is 0.347. The molecule has 0 aromatic heterocycles. The van der Waals surface area contributed by atoms with Crippen LogP contribution in [0.25, 0.3) is 0 Å². The molecule has 0 fully saturated rings. The fourth-order valence-electron chi connectivity index (χ4n) is 2.70. The molecule has 8 heteroatoms. The summed E-state index contributed by atoms with van der Waals surface area (Å²) in [6, 6.07) is 7.58. The topological polar surface area (TPSA) is 128 Å². The zero-order valence-corrected chi connectivity index (χ0v) is 15.4. The highest BCUT2D eigenvalue weighted by atomic mass is 16.5. The number of carbonyl (C=O) groups excluding carboxylic acids is 3. The van der Waals surface area contributed by atoms with Crippen LogP contribution in [0.4, 0.5) is 0 Å². The molecule has 3 amide bonds. The summed E-state index contributed by atoms with van der Waals surface area (Å²) in [6.07, 6.45) is 0. The van der Waals surface area contributed by atoms with Gasteiger partial charge in [0.1, 0.15) is 6.04 Å². The number of aliphatic hydroxyl groups is 1. The third-order valence-corrected chi connectivity index (χ3v) is 4.15. The Kier molecular flexibility index (Phi) is 7.73. The smallest absolute Gasteiger partial charge is 0.249 e. The van der Waals surface area contributed by atoms with Crippen molar-refractivity contribution < 1.29 is 24.7 Å². The van der Waals surface area contributed by atoms with Gasteiger partial charge < -0.3 is 15.7 Å². The van der Waals surface area contributed by atoms with E-state index in [2.05, 4.69) is 10.6 Å². The molecule has 1 rings (SSSR count). The Hall–Kier alpha value is -2.45. The molecule has 0 spiro atoms. The maximum absolute atomic E-state index is 13.0. The molecule has 0 saturated carbocycles. The zero-order valence-electron chi connectivity index (χ0n) is 15.4. The molecule has 0 heterocycles. The maximum atomic E-state index is 13.0. The van der Waals surface area contributed by atoms with Gasteiger partial charge >= 0.3 is 0 Å². The number of benzene rings is 1. The average Bonchev–Trinajstić information content (AvgIpc) is 2.62. The SMILES string of the molecule is CNC(=O)[C@@H](NC(=O)[C@@H](c1ccccc1)[C@@H](CO)C(=O)NO)C(C)(C)C.